The van der Waals surface area contributed by atoms with Crippen LogP contribution in [0.2, 0.25) is 0 Å². The first-order chi connectivity index (χ1) is 7.85. The van der Waals surface area contributed by atoms with Gasteiger partial charge in [0, 0.05) is 0 Å². The molecule has 0 aromatic rings. The summed E-state index contributed by atoms with van der Waals surface area (Å²) in [5, 5.41) is 0. The van der Waals surface area contributed by atoms with Crippen molar-refractivity contribution in [1.29, 1.82) is 0 Å². The molecule has 16 heavy (non-hydrogen) atoms. The predicted molar refractivity (Wildman–Crippen MR) is 75.6 cm³/mol. The van der Waals surface area contributed by atoms with Crippen molar-refractivity contribution >= 4 is 0 Å². The van der Waals surface area contributed by atoms with Crippen LogP contribution in [0.1, 0.15) is 90.9 Å². The standard InChI is InChI=1S/C16H33/c1-4-7-9-10-12-15-16(13-6-3)14-11-8-5-2/h16H,2,4-15H2,1,3H3. The van der Waals surface area contributed by atoms with Crippen LogP contribution < -0.4 is 0 Å². The minimum Gasteiger partial charge on any atom is -0.0654 e. The Balaban J connectivity index is 3.43. The molecule has 1 unspecified atom stereocenters. The molecule has 0 aromatic heterocycles. The molecular formula is C16H33. The summed E-state index contributed by atoms with van der Waals surface area (Å²) in [5.41, 5.74) is 0. The second-order valence-corrected chi connectivity index (χ2v) is 5.21. The first-order valence-corrected chi connectivity index (χ1v) is 7.64. The highest BCUT2D eigenvalue weighted by atomic mass is 14.1. The Labute approximate surface area is 104 Å². The van der Waals surface area contributed by atoms with Crippen molar-refractivity contribution in [2.24, 2.45) is 5.92 Å². The van der Waals surface area contributed by atoms with E-state index in [4.69, 9.17) is 0 Å². The monoisotopic (exact) mass is 225 g/mol. The largest absolute Gasteiger partial charge is 0.0654 e. The third kappa shape index (κ3) is 10.5. The van der Waals surface area contributed by atoms with Gasteiger partial charge in [0.15, 0.2) is 0 Å². The zero-order valence-electron chi connectivity index (χ0n) is 11.8. The van der Waals surface area contributed by atoms with Crippen LogP contribution in [-0.4, -0.2) is 0 Å². The summed E-state index contributed by atoms with van der Waals surface area (Å²) in [6.07, 6.45) is 16.8. The lowest BCUT2D eigenvalue weighted by Crippen LogP contribution is -2.00. The van der Waals surface area contributed by atoms with Crippen molar-refractivity contribution in [2.45, 2.75) is 90.9 Å². The van der Waals surface area contributed by atoms with E-state index in [-0.39, 0.29) is 0 Å². The highest BCUT2D eigenvalue weighted by molar-refractivity contribution is 4.60. The van der Waals surface area contributed by atoms with Gasteiger partial charge >= 0.3 is 0 Å². The van der Waals surface area contributed by atoms with Crippen LogP contribution in [-0.2, 0) is 0 Å². The lowest BCUT2D eigenvalue weighted by molar-refractivity contribution is 0.381. The Morgan fingerprint density at radius 2 is 1.31 bits per heavy atom. The topological polar surface area (TPSA) is 0 Å². The maximum absolute atomic E-state index is 3.92. The summed E-state index contributed by atoms with van der Waals surface area (Å²) >= 11 is 0. The van der Waals surface area contributed by atoms with Crippen LogP contribution in [0.5, 0.6) is 0 Å². The number of hydrogen-bond acceptors (Lipinski definition) is 0. The number of rotatable bonds is 12. The Bertz CT molecular complexity index is 117. The maximum Gasteiger partial charge on any atom is -0.0414 e. The van der Waals surface area contributed by atoms with E-state index in [9.17, 15) is 0 Å². The lowest BCUT2D eigenvalue weighted by atomic mass is 9.91. The molecule has 0 bridgehead atoms. The molecule has 1 atom stereocenters. The summed E-state index contributed by atoms with van der Waals surface area (Å²) in [6.45, 7) is 8.54. The molecule has 0 aromatic carbocycles. The zero-order chi connectivity index (χ0) is 12.1. The fraction of sp³-hybridized carbons (Fsp3) is 0.938. The molecule has 0 rings (SSSR count). The molecule has 0 spiro atoms. The van der Waals surface area contributed by atoms with Crippen LogP contribution >= 0.6 is 0 Å². The van der Waals surface area contributed by atoms with Crippen molar-refractivity contribution in [3.05, 3.63) is 6.92 Å². The minimum atomic E-state index is 1.01. The van der Waals surface area contributed by atoms with E-state index < -0.39 is 0 Å². The summed E-state index contributed by atoms with van der Waals surface area (Å²) in [5.74, 6) is 1.01. The van der Waals surface area contributed by atoms with E-state index in [0.29, 0.717) is 0 Å². The van der Waals surface area contributed by atoms with Gasteiger partial charge in [0.05, 0.1) is 0 Å². The van der Waals surface area contributed by atoms with Gasteiger partial charge in [-0.2, -0.15) is 0 Å². The van der Waals surface area contributed by atoms with Crippen molar-refractivity contribution < 1.29 is 0 Å². The van der Waals surface area contributed by atoms with Gasteiger partial charge in [0.1, 0.15) is 0 Å². The van der Waals surface area contributed by atoms with E-state index in [1.165, 1.54) is 70.6 Å². The van der Waals surface area contributed by atoms with Gasteiger partial charge in [-0.15, -0.1) is 0 Å². The Kier molecular flexibility index (Phi) is 13.1. The molecule has 0 aliphatic carbocycles. The molecule has 0 heterocycles. The summed E-state index contributed by atoms with van der Waals surface area (Å²) in [7, 11) is 0. The van der Waals surface area contributed by atoms with Crippen molar-refractivity contribution in [1.82, 2.24) is 0 Å². The van der Waals surface area contributed by atoms with Crippen LogP contribution in [0.25, 0.3) is 0 Å². The average Bonchev–Trinajstić information content (AvgIpc) is 2.29. The van der Waals surface area contributed by atoms with E-state index >= 15 is 0 Å². The molecule has 1 radical (unpaired) electrons. The van der Waals surface area contributed by atoms with E-state index in [2.05, 4.69) is 20.8 Å². The number of unbranched alkanes of at least 4 members (excludes halogenated alkanes) is 6. The molecule has 0 aliphatic rings. The third-order valence-electron chi connectivity index (χ3n) is 3.53. The summed E-state index contributed by atoms with van der Waals surface area (Å²) in [6, 6.07) is 0. The lowest BCUT2D eigenvalue weighted by Gasteiger charge is -2.15. The molecule has 0 N–H and O–H groups in total. The summed E-state index contributed by atoms with van der Waals surface area (Å²) in [4.78, 5) is 0. The molecular weight excluding hydrogens is 192 g/mol. The van der Waals surface area contributed by atoms with Crippen molar-refractivity contribution in [2.75, 3.05) is 0 Å². The van der Waals surface area contributed by atoms with Gasteiger partial charge in [-0.1, -0.05) is 97.8 Å². The van der Waals surface area contributed by atoms with E-state index in [1.54, 1.807) is 0 Å². The fourth-order valence-electron chi connectivity index (χ4n) is 2.49. The van der Waals surface area contributed by atoms with Crippen LogP contribution in [0.15, 0.2) is 0 Å². The van der Waals surface area contributed by atoms with Crippen LogP contribution in [0.3, 0.4) is 0 Å². The van der Waals surface area contributed by atoms with Crippen LogP contribution in [0.4, 0.5) is 0 Å². The average molecular weight is 225 g/mol. The third-order valence-corrected chi connectivity index (χ3v) is 3.53. The Morgan fingerprint density at radius 3 is 1.88 bits per heavy atom. The molecule has 0 fully saturated rings. The highest BCUT2D eigenvalue weighted by Crippen LogP contribution is 2.22. The molecule has 0 nitrogen and oxygen atoms in total. The van der Waals surface area contributed by atoms with E-state index in [1.807, 2.05) is 0 Å². The molecule has 0 saturated carbocycles. The quantitative estimate of drug-likeness (QED) is 0.349. The second kappa shape index (κ2) is 13.1. The van der Waals surface area contributed by atoms with E-state index in [0.717, 1.165) is 12.3 Å². The normalized spacial score (nSPS) is 12.9. The van der Waals surface area contributed by atoms with Crippen molar-refractivity contribution in [3.8, 4) is 0 Å². The van der Waals surface area contributed by atoms with Gasteiger partial charge in [-0.3, -0.25) is 0 Å². The fourth-order valence-corrected chi connectivity index (χ4v) is 2.49. The van der Waals surface area contributed by atoms with Gasteiger partial charge in [0.2, 0.25) is 0 Å². The highest BCUT2D eigenvalue weighted by Gasteiger charge is 2.06. The Morgan fingerprint density at radius 1 is 0.688 bits per heavy atom. The first-order valence-electron chi connectivity index (χ1n) is 7.64. The van der Waals surface area contributed by atoms with Gasteiger partial charge < -0.3 is 0 Å². The van der Waals surface area contributed by atoms with Gasteiger partial charge in [-0.05, 0) is 5.92 Å². The number of hydrogen-bond donors (Lipinski definition) is 0. The molecule has 0 heteroatoms. The van der Waals surface area contributed by atoms with Crippen LogP contribution in [0, 0.1) is 12.8 Å². The minimum absolute atomic E-state index is 1.01. The predicted octanol–water partition coefficient (Wildman–Crippen LogP) is 6.16. The Hall–Kier alpha value is 0. The zero-order valence-corrected chi connectivity index (χ0v) is 11.8. The van der Waals surface area contributed by atoms with Gasteiger partial charge in [0.25, 0.3) is 0 Å². The summed E-state index contributed by atoms with van der Waals surface area (Å²) < 4.78 is 0. The molecule has 0 saturated heterocycles. The maximum atomic E-state index is 3.92. The SMILES string of the molecule is [CH2]CCCCC(CCC)CCCCCCC. The second-order valence-electron chi connectivity index (χ2n) is 5.21. The van der Waals surface area contributed by atoms with Crippen molar-refractivity contribution in [3.63, 3.8) is 0 Å². The first kappa shape index (κ1) is 16.0. The molecule has 0 aliphatic heterocycles. The molecule has 0 amide bonds. The molecule has 97 valence electrons. The van der Waals surface area contributed by atoms with Gasteiger partial charge in [-0.25, -0.2) is 0 Å². The smallest absolute Gasteiger partial charge is 0.0414 e.